The molecular weight excluding hydrogens is 475 g/mol. The number of hydrogen-bond acceptors (Lipinski definition) is 4. The first-order valence-corrected chi connectivity index (χ1v) is 11.5. The largest absolute Gasteiger partial charge is 0.466 e. The van der Waals surface area contributed by atoms with E-state index < -0.39 is 5.92 Å². The molecule has 1 unspecified atom stereocenters. The van der Waals surface area contributed by atoms with Crippen molar-refractivity contribution in [2.75, 3.05) is 23.4 Å². The molecule has 174 valence electrons. The number of ether oxygens (including phenoxy) is 1. The summed E-state index contributed by atoms with van der Waals surface area (Å²) in [6.45, 7) is 2.29. The third-order valence-corrected chi connectivity index (χ3v) is 5.97. The van der Waals surface area contributed by atoms with Crippen molar-refractivity contribution in [3.05, 3.63) is 93.5 Å². The van der Waals surface area contributed by atoms with Gasteiger partial charge in [-0.05, 0) is 67.4 Å². The van der Waals surface area contributed by atoms with Gasteiger partial charge in [-0.1, -0.05) is 41.4 Å². The van der Waals surface area contributed by atoms with Gasteiger partial charge in [0.1, 0.15) is 0 Å². The summed E-state index contributed by atoms with van der Waals surface area (Å²) < 4.78 is 5.20. The Morgan fingerprint density at radius 2 is 1.65 bits per heavy atom. The van der Waals surface area contributed by atoms with Crippen LogP contribution in [0.1, 0.15) is 33.2 Å². The van der Waals surface area contributed by atoms with E-state index in [4.69, 9.17) is 27.9 Å². The maximum atomic E-state index is 13.4. The molecule has 34 heavy (non-hydrogen) atoms. The molecule has 1 atom stereocenters. The summed E-state index contributed by atoms with van der Waals surface area (Å²) in [5, 5.41) is 3.49. The van der Waals surface area contributed by atoms with Crippen molar-refractivity contribution in [3.63, 3.8) is 0 Å². The van der Waals surface area contributed by atoms with Gasteiger partial charge in [0.2, 0.25) is 0 Å². The summed E-state index contributed by atoms with van der Waals surface area (Å²) in [5.74, 6) is -1.34. The average molecular weight is 497 g/mol. The predicted octanol–water partition coefficient (Wildman–Crippen LogP) is 5.63. The standard InChI is InChI=1S/C26H22Cl2N2O4/c1-2-34-26(33)19-11-17-5-3-4-6-23(17)30(15-19)25(32)16-7-9-22(10-8-16)29-24(31)18-12-20(27)14-21(28)13-18/h3-10,12-14,19H,2,11,15H2,1H3,(H,29,31). The number of benzene rings is 3. The normalized spacial score (nSPS) is 14.8. The van der Waals surface area contributed by atoms with E-state index in [2.05, 4.69) is 5.32 Å². The molecular formula is C26H22Cl2N2O4. The lowest BCUT2D eigenvalue weighted by atomic mass is 9.92. The molecule has 0 spiro atoms. The molecule has 0 fully saturated rings. The Kier molecular flexibility index (Phi) is 7.20. The van der Waals surface area contributed by atoms with E-state index in [0.717, 1.165) is 11.3 Å². The SMILES string of the molecule is CCOC(=O)C1Cc2ccccc2N(C(=O)c2ccc(NC(=O)c3cc(Cl)cc(Cl)c3)cc2)C1. The number of rotatable bonds is 5. The molecule has 2 amide bonds. The van der Waals surface area contributed by atoms with E-state index in [0.29, 0.717) is 39.9 Å². The molecule has 0 aromatic heterocycles. The molecule has 0 saturated heterocycles. The zero-order chi connectivity index (χ0) is 24.2. The zero-order valence-corrected chi connectivity index (χ0v) is 19.9. The number of fused-ring (bicyclic) bond motifs is 1. The lowest BCUT2D eigenvalue weighted by Crippen LogP contribution is -2.43. The van der Waals surface area contributed by atoms with Crippen molar-refractivity contribution >= 4 is 52.4 Å². The van der Waals surface area contributed by atoms with E-state index in [-0.39, 0.29) is 24.3 Å². The van der Waals surface area contributed by atoms with E-state index in [9.17, 15) is 14.4 Å². The third kappa shape index (κ3) is 5.24. The molecule has 4 rings (SSSR count). The smallest absolute Gasteiger partial charge is 0.311 e. The Hall–Kier alpha value is -3.35. The first-order chi connectivity index (χ1) is 16.4. The highest BCUT2D eigenvalue weighted by Crippen LogP contribution is 2.31. The Bertz CT molecular complexity index is 1220. The van der Waals surface area contributed by atoms with Crippen molar-refractivity contribution in [3.8, 4) is 0 Å². The number of halogens is 2. The van der Waals surface area contributed by atoms with Gasteiger partial charge in [0.25, 0.3) is 11.8 Å². The topological polar surface area (TPSA) is 75.7 Å². The van der Waals surface area contributed by atoms with Gasteiger partial charge in [0, 0.05) is 39.1 Å². The highest BCUT2D eigenvalue weighted by molar-refractivity contribution is 6.35. The minimum absolute atomic E-state index is 0.235. The van der Waals surface area contributed by atoms with Crippen LogP contribution in [0.5, 0.6) is 0 Å². The molecule has 3 aromatic carbocycles. The number of nitrogens with one attached hydrogen (secondary N) is 1. The van der Waals surface area contributed by atoms with Crippen molar-refractivity contribution < 1.29 is 19.1 Å². The summed E-state index contributed by atoms with van der Waals surface area (Å²) >= 11 is 11.9. The van der Waals surface area contributed by atoms with Crippen molar-refractivity contribution in [1.29, 1.82) is 0 Å². The summed E-state index contributed by atoms with van der Waals surface area (Å²) in [6, 6.07) is 18.7. The highest BCUT2D eigenvalue weighted by Gasteiger charge is 2.33. The minimum Gasteiger partial charge on any atom is -0.466 e. The number of carbonyl (C=O) groups is 3. The van der Waals surface area contributed by atoms with Crippen LogP contribution in [0.3, 0.4) is 0 Å². The van der Waals surface area contributed by atoms with Gasteiger partial charge >= 0.3 is 5.97 Å². The fourth-order valence-corrected chi connectivity index (χ4v) is 4.47. The zero-order valence-electron chi connectivity index (χ0n) is 18.4. The number of hydrogen-bond donors (Lipinski definition) is 1. The quantitative estimate of drug-likeness (QED) is 0.464. The first kappa shape index (κ1) is 23.8. The fraction of sp³-hybridized carbons (Fsp3) is 0.192. The van der Waals surface area contributed by atoms with Gasteiger partial charge in [-0.2, -0.15) is 0 Å². The maximum absolute atomic E-state index is 13.4. The second-order valence-corrected chi connectivity index (χ2v) is 8.76. The van der Waals surface area contributed by atoms with Crippen molar-refractivity contribution in [2.45, 2.75) is 13.3 Å². The first-order valence-electron chi connectivity index (χ1n) is 10.8. The van der Waals surface area contributed by atoms with E-state index in [1.165, 1.54) is 12.1 Å². The van der Waals surface area contributed by atoms with Crippen LogP contribution < -0.4 is 10.2 Å². The second-order valence-electron chi connectivity index (χ2n) is 7.89. The number of esters is 1. The number of carbonyl (C=O) groups excluding carboxylic acids is 3. The minimum atomic E-state index is -0.429. The van der Waals surface area contributed by atoms with Gasteiger partial charge in [-0.15, -0.1) is 0 Å². The Labute approximate surface area is 207 Å². The number of amides is 2. The Morgan fingerprint density at radius 3 is 2.32 bits per heavy atom. The predicted molar refractivity (Wildman–Crippen MR) is 133 cm³/mol. The molecule has 1 aliphatic rings. The number of anilines is 2. The van der Waals surface area contributed by atoms with Crippen molar-refractivity contribution in [1.82, 2.24) is 0 Å². The van der Waals surface area contributed by atoms with E-state index in [1.807, 2.05) is 24.3 Å². The van der Waals surface area contributed by atoms with E-state index in [1.54, 1.807) is 42.2 Å². The van der Waals surface area contributed by atoms with Crippen LogP contribution in [0.4, 0.5) is 11.4 Å². The summed E-state index contributed by atoms with van der Waals surface area (Å²) in [5.41, 5.74) is 2.98. The molecule has 8 heteroatoms. The average Bonchev–Trinajstić information content (AvgIpc) is 2.83. The second kappa shape index (κ2) is 10.3. The van der Waals surface area contributed by atoms with Crippen LogP contribution in [0.2, 0.25) is 10.0 Å². The Balaban J connectivity index is 1.52. The van der Waals surface area contributed by atoms with Crippen LogP contribution in [-0.2, 0) is 16.0 Å². The fourth-order valence-electron chi connectivity index (χ4n) is 3.95. The molecule has 0 radical (unpaired) electrons. The molecule has 0 saturated carbocycles. The van der Waals surface area contributed by atoms with Gasteiger partial charge in [-0.3, -0.25) is 14.4 Å². The number of para-hydroxylation sites is 1. The van der Waals surface area contributed by atoms with Crippen LogP contribution in [0, 0.1) is 5.92 Å². The van der Waals surface area contributed by atoms with Gasteiger partial charge in [-0.25, -0.2) is 0 Å². The molecule has 1 heterocycles. The number of nitrogens with zero attached hydrogens (tertiary/aromatic N) is 1. The van der Waals surface area contributed by atoms with Crippen LogP contribution in [0.25, 0.3) is 0 Å². The van der Waals surface area contributed by atoms with Crippen LogP contribution in [-0.4, -0.2) is 30.9 Å². The van der Waals surface area contributed by atoms with Crippen molar-refractivity contribution in [2.24, 2.45) is 5.92 Å². The molecule has 1 N–H and O–H groups in total. The summed E-state index contributed by atoms with van der Waals surface area (Å²) in [6.07, 6.45) is 0.525. The van der Waals surface area contributed by atoms with Gasteiger partial charge in [0.05, 0.1) is 12.5 Å². The lowest BCUT2D eigenvalue weighted by molar-refractivity contribution is -0.147. The van der Waals surface area contributed by atoms with Gasteiger partial charge < -0.3 is 15.0 Å². The lowest BCUT2D eigenvalue weighted by Gasteiger charge is -2.33. The third-order valence-electron chi connectivity index (χ3n) is 5.53. The highest BCUT2D eigenvalue weighted by atomic mass is 35.5. The molecule has 1 aliphatic heterocycles. The van der Waals surface area contributed by atoms with Gasteiger partial charge in [0.15, 0.2) is 0 Å². The maximum Gasteiger partial charge on any atom is 0.311 e. The van der Waals surface area contributed by atoms with Crippen LogP contribution >= 0.6 is 23.2 Å². The van der Waals surface area contributed by atoms with Crippen LogP contribution in [0.15, 0.2) is 66.7 Å². The molecule has 6 nitrogen and oxygen atoms in total. The summed E-state index contributed by atoms with van der Waals surface area (Å²) in [7, 11) is 0. The summed E-state index contributed by atoms with van der Waals surface area (Å²) in [4.78, 5) is 39.9. The molecule has 0 aliphatic carbocycles. The molecule has 0 bridgehead atoms. The molecule has 3 aromatic rings. The monoisotopic (exact) mass is 496 g/mol. The Morgan fingerprint density at radius 1 is 0.971 bits per heavy atom. The van der Waals surface area contributed by atoms with E-state index >= 15 is 0 Å².